The first-order valence-electron chi connectivity index (χ1n) is 11.5. The highest BCUT2D eigenvalue weighted by molar-refractivity contribution is 5.47. The first kappa shape index (κ1) is 23.1. The van der Waals surface area contributed by atoms with Crippen LogP contribution in [-0.4, -0.2) is 13.2 Å². The topological polar surface area (TPSA) is 30.5 Å². The van der Waals surface area contributed by atoms with Crippen LogP contribution >= 0.6 is 0 Å². The molecule has 0 unspecified atom stereocenters. The summed E-state index contributed by atoms with van der Waals surface area (Å²) in [5.74, 6) is 1.91. The SMILES string of the molecule is CCCCCCCOc1ccc(NCc2ccc(OCCCCCC)cc2)cc1. The summed E-state index contributed by atoms with van der Waals surface area (Å²) in [5, 5.41) is 3.47. The number of hydrogen-bond acceptors (Lipinski definition) is 3. The Balaban J connectivity index is 1.63. The zero-order chi connectivity index (χ0) is 20.6. The third-order valence-electron chi connectivity index (χ3n) is 5.06. The van der Waals surface area contributed by atoms with Crippen LogP contribution in [0, 0.1) is 0 Å². The maximum Gasteiger partial charge on any atom is 0.119 e. The summed E-state index contributed by atoms with van der Waals surface area (Å²) in [4.78, 5) is 0. The standard InChI is InChI=1S/C26H39NO2/c1-3-5-7-9-11-21-29-26-18-14-24(15-19-26)27-22-23-12-16-25(17-13-23)28-20-10-8-6-4-2/h12-19,27H,3-11,20-22H2,1-2H3. The van der Waals surface area contributed by atoms with Crippen molar-refractivity contribution in [2.75, 3.05) is 18.5 Å². The fraction of sp³-hybridized carbons (Fsp3) is 0.538. The van der Waals surface area contributed by atoms with Gasteiger partial charge in [-0.2, -0.15) is 0 Å². The molecule has 29 heavy (non-hydrogen) atoms. The normalized spacial score (nSPS) is 10.7. The van der Waals surface area contributed by atoms with E-state index < -0.39 is 0 Å². The summed E-state index contributed by atoms with van der Waals surface area (Å²) < 4.78 is 11.6. The van der Waals surface area contributed by atoms with Gasteiger partial charge in [-0.15, -0.1) is 0 Å². The summed E-state index contributed by atoms with van der Waals surface area (Å²) in [5.41, 5.74) is 2.35. The second-order valence-electron chi connectivity index (χ2n) is 7.69. The third kappa shape index (κ3) is 10.3. The van der Waals surface area contributed by atoms with E-state index in [0.717, 1.165) is 49.8 Å². The zero-order valence-corrected chi connectivity index (χ0v) is 18.4. The van der Waals surface area contributed by atoms with E-state index in [4.69, 9.17) is 9.47 Å². The highest BCUT2D eigenvalue weighted by Gasteiger charge is 1.99. The molecule has 0 saturated carbocycles. The van der Waals surface area contributed by atoms with Crippen molar-refractivity contribution in [3.05, 3.63) is 54.1 Å². The van der Waals surface area contributed by atoms with E-state index in [2.05, 4.69) is 55.6 Å². The lowest BCUT2D eigenvalue weighted by Gasteiger charge is -2.10. The van der Waals surface area contributed by atoms with Crippen molar-refractivity contribution >= 4 is 5.69 Å². The van der Waals surface area contributed by atoms with Crippen molar-refractivity contribution in [3.63, 3.8) is 0 Å². The van der Waals surface area contributed by atoms with Gasteiger partial charge in [0.25, 0.3) is 0 Å². The van der Waals surface area contributed by atoms with E-state index >= 15 is 0 Å². The van der Waals surface area contributed by atoms with Crippen LogP contribution in [0.4, 0.5) is 5.69 Å². The van der Waals surface area contributed by atoms with Crippen molar-refractivity contribution in [3.8, 4) is 11.5 Å². The Morgan fingerprint density at radius 1 is 0.586 bits per heavy atom. The number of rotatable bonds is 16. The molecule has 0 aromatic heterocycles. The van der Waals surface area contributed by atoms with E-state index in [9.17, 15) is 0 Å². The van der Waals surface area contributed by atoms with Crippen molar-refractivity contribution < 1.29 is 9.47 Å². The third-order valence-corrected chi connectivity index (χ3v) is 5.06. The minimum atomic E-state index is 0.800. The number of anilines is 1. The zero-order valence-electron chi connectivity index (χ0n) is 18.4. The summed E-state index contributed by atoms with van der Waals surface area (Å²) in [6, 6.07) is 16.6. The Morgan fingerprint density at radius 2 is 1.07 bits per heavy atom. The number of ether oxygens (including phenoxy) is 2. The molecule has 2 aromatic carbocycles. The molecule has 0 heterocycles. The molecule has 2 aromatic rings. The molecule has 0 aliphatic heterocycles. The van der Waals surface area contributed by atoms with Crippen molar-refractivity contribution in [2.24, 2.45) is 0 Å². The van der Waals surface area contributed by atoms with Gasteiger partial charge in [-0.25, -0.2) is 0 Å². The molecule has 0 amide bonds. The van der Waals surface area contributed by atoms with Crippen LogP contribution in [0.15, 0.2) is 48.5 Å². The maximum absolute atomic E-state index is 5.83. The Hall–Kier alpha value is -2.16. The van der Waals surface area contributed by atoms with Gasteiger partial charge in [-0.1, -0.05) is 70.9 Å². The molecule has 0 aliphatic rings. The van der Waals surface area contributed by atoms with Gasteiger partial charge >= 0.3 is 0 Å². The summed E-state index contributed by atoms with van der Waals surface area (Å²) in [6.07, 6.45) is 11.3. The number of benzene rings is 2. The average molecular weight is 398 g/mol. The van der Waals surface area contributed by atoms with Crippen LogP contribution in [0.5, 0.6) is 11.5 Å². The summed E-state index contributed by atoms with van der Waals surface area (Å²) in [6.45, 7) is 6.89. The van der Waals surface area contributed by atoms with Crippen molar-refractivity contribution in [1.82, 2.24) is 0 Å². The van der Waals surface area contributed by atoms with Gasteiger partial charge in [0.05, 0.1) is 13.2 Å². The summed E-state index contributed by atoms with van der Waals surface area (Å²) >= 11 is 0. The molecule has 160 valence electrons. The molecule has 0 atom stereocenters. The van der Waals surface area contributed by atoms with Crippen LogP contribution in [0.2, 0.25) is 0 Å². The van der Waals surface area contributed by atoms with E-state index in [0.29, 0.717) is 0 Å². The Morgan fingerprint density at radius 3 is 1.62 bits per heavy atom. The Bertz CT molecular complexity index is 637. The molecule has 0 bridgehead atoms. The molecular weight excluding hydrogens is 358 g/mol. The lowest BCUT2D eigenvalue weighted by molar-refractivity contribution is 0.304. The van der Waals surface area contributed by atoms with Gasteiger partial charge in [-0.05, 0) is 54.8 Å². The quantitative estimate of drug-likeness (QED) is 0.296. The fourth-order valence-electron chi connectivity index (χ4n) is 3.19. The lowest BCUT2D eigenvalue weighted by Crippen LogP contribution is -2.01. The van der Waals surface area contributed by atoms with Gasteiger partial charge in [0.1, 0.15) is 11.5 Å². The van der Waals surface area contributed by atoms with E-state index in [1.165, 1.54) is 50.5 Å². The second-order valence-corrected chi connectivity index (χ2v) is 7.69. The fourth-order valence-corrected chi connectivity index (χ4v) is 3.19. The number of unbranched alkanes of at least 4 members (excludes halogenated alkanes) is 7. The van der Waals surface area contributed by atoms with Gasteiger partial charge in [0, 0.05) is 12.2 Å². The molecule has 1 N–H and O–H groups in total. The van der Waals surface area contributed by atoms with E-state index in [1.54, 1.807) is 0 Å². The van der Waals surface area contributed by atoms with Gasteiger partial charge in [-0.3, -0.25) is 0 Å². The van der Waals surface area contributed by atoms with Crippen LogP contribution in [0.3, 0.4) is 0 Å². The highest BCUT2D eigenvalue weighted by Crippen LogP contribution is 2.18. The minimum Gasteiger partial charge on any atom is -0.494 e. The monoisotopic (exact) mass is 397 g/mol. The first-order chi connectivity index (χ1) is 14.3. The average Bonchev–Trinajstić information content (AvgIpc) is 2.76. The van der Waals surface area contributed by atoms with Gasteiger partial charge < -0.3 is 14.8 Å². The summed E-state index contributed by atoms with van der Waals surface area (Å²) in [7, 11) is 0. The molecule has 0 spiro atoms. The smallest absolute Gasteiger partial charge is 0.119 e. The molecule has 3 nitrogen and oxygen atoms in total. The van der Waals surface area contributed by atoms with Gasteiger partial charge in [0.15, 0.2) is 0 Å². The largest absolute Gasteiger partial charge is 0.494 e. The van der Waals surface area contributed by atoms with Crippen LogP contribution in [-0.2, 0) is 6.54 Å². The first-order valence-corrected chi connectivity index (χ1v) is 11.5. The van der Waals surface area contributed by atoms with Crippen molar-refractivity contribution in [2.45, 2.75) is 78.2 Å². The molecule has 0 fully saturated rings. The molecule has 2 rings (SSSR count). The van der Waals surface area contributed by atoms with Crippen LogP contribution < -0.4 is 14.8 Å². The molecule has 0 aliphatic carbocycles. The van der Waals surface area contributed by atoms with Crippen molar-refractivity contribution in [1.29, 1.82) is 0 Å². The Labute approximate surface area is 177 Å². The number of nitrogens with one attached hydrogen (secondary N) is 1. The molecular formula is C26H39NO2. The van der Waals surface area contributed by atoms with Crippen LogP contribution in [0.1, 0.15) is 77.2 Å². The molecule has 0 radical (unpaired) electrons. The molecule has 3 heteroatoms. The van der Waals surface area contributed by atoms with Gasteiger partial charge in [0.2, 0.25) is 0 Å². The second kappa shape index (κ2) is 14.8. The lowest BCUT2D eigenvalue weighted by atomic mass is 10.2. The Kier molecular flexibility index (Phi) is 11.8. The predicted molar refractivity (Wildman–Crippen MR) is 124 cm³/mol. The minimum absolute atomic E-state index is 0.800. The highest BCUT2D eigenvalue weighted by atomic mass is 16.5. The predicted octanol–water partition coefficient (Wildman–Crippen LogP) is 7.61. The van der Waals surface area contributed by atoms with Crippen LogP contribution in [0.25, 0.3) is 0 Å². The van der Waals surface area contributed by atoms with E-state index in [-0.39, 0.29) is 0 Å². The number of hydrogen-bond donors (Lipinski definition) is 1. The molecule has 0 saturated heterocycles. The maximum atomic E-state index is 5.83. The van der Waals surface area contributed by atoms with E-state index in [1.807, 2.05) is 12.1 Å².